The molecule has 0 N–H and O–H groups in total. The summed E-state index contributed by atoms with van der Waals surface area (Å²) in [7, 11) is 0. The van der Waals surface area contributed by atoms with Crippen molar-refractivity contribution in [2.24, 2.45) is 0 Å². The van der Waals surface area contributed by atoms with Crippen LogP contribution in [0.2, 0.25) is 0 Å². The minimum atomic E-state index is -4.48. The van der Waals surface area contributed by atoms with E-state index in [-0.39, 0.29) is 5.56 Å². The third kappa shape index (κ3) is 4.01. The van der Waals surface area contributed by atoms with Gasteiger partial charge in [0.1, 0.15) is 12.4 Å². The first-order valence-electron chi connectivity index (χ1n) is 5.34. The Balaban J connectivity index is 2.97. The zero-order chi connectivity index (χ0) is 13.9. The number of carbonyl (C=O) groups excluding carboxylic acids is 1. The predicted octanol–water partition coefficient (Wildman–Crippen LogP) is 3.24. The Bertz CT molecular complexity index is 428. The van der Waals surface area contributed by atoms with E-state index in [0.717, 1.165) is 12.1 Å². The molecule has 0 spiro atoms. The third-order valence-electron chi connectivity index (χ3n) is 2.31. The van der Waals surface area contributed by atoms with Crippen LogP contribution in [0.4, 0.5) is 17.6 Å². The van der Waals surface area contributed by atoms with Crippen molar-refractivity contribution >= 4 is 5.91 Å². The highest BCUT2D eigenvalue weighted by Gasteiger charge is 2.34. The van der Waals surface area contributed by atoms with Gasteiger partial charge in [-0.15, -0.1) is 0 Å². The highest BCUT2D eigenvalue weighted by molar-refractivity contribution is 5.94. The molecule has 0 aliphatic carbocycles. The van der Waals surface area contributed by atoms with Gasteiger partial charge in [-0.1, -0.05) is 6.07 Å². The lowest BCUT2D eigenvalue weighted by Crippen LogP contribution is -2.43. The smallest absolute Gasteiger partial charge is 0.327 e. The van der Waals surface area contributed by atoms with Crippen molar-refractivity contribution in [3.63, 3.8) is 0 Å². The minimum absolute atomic E-state index is 0.0899. The zero-order valence-electron chi connectivity index (χ0n) is 9.96. The van der Waals surface area contributed by atoms with Gasteiger partial charge in [-0.2, -0.15) is 13.2 Å². The first-order valence-corrected chi connectivity index (χ1v) is 5.34. The second kappa shape index (κ2) is 5.37. The maximum Gasteiger partial charge on any atom is 0.406 e. The number of rotatable bonds is 3. The SMILES string of the molecule is CC(C)N(CC(F)(F)F)C(=O)c1cccc(F)c1. The Morgan fingerprint density at radius 2 is 1.94 bits per heavy atom. The zero-order valence-corrected chi connectivity index (χ0v) is 9.96. The molecule has 0 atom stereocenters. The van der Waals surface area contributed by atoms with Crippen molar-refractivity contribution in [1.29, 1.82) is 0 Å². The molecule has 0 radical (unpaired) electrons. The fourth-order valence-electron chi connectivity index (χ4n) is 1.47. The topological polar surface area (TPSA) is 20.3 Å². The standard InChI is InChI=1S/C12H13F4NO/c1-8(2)17(7-12(14,15)16)11(18)9-4-3-5-10(13)6-9/h3-6,8H,7H2,1-2H3. The number of nitrogens with zero attached hydrogens (tertiary/aromatic N) is 1. The molecule has 0 saturated heterocycles. The fraction of sp³-hybridized carbons (Fsp3) is 0.417. The van der Waals surface area contributed by atoms with Crippen molar-refractivity contribution in [2.75, 3.05) is 6.54 Å². The van der Waals surface area contributed by atoms with Gasteiger partial charge >= 0.3 is 6.18 Å². The molecule has 0 saturated carbocycles. The molecule has 1 rings (SSSR count). The predicted molar refractivity (Wildman–Crippen MR) is 58.6 cm³/mol. The molecule has 6 heteroatoms. The van der Waals surface area contributed by atoms with E-state index in [0.29, 0.717) is 4.90 Å². The maximum absolute atomic E-state index is 12.9. The lowest BCUT2D eigenvalue weighted by Gasteiger charge is -2.27. The first-order chi connectivity index (χ1) is 8.20. The van der Waals surface area contributed by atoms with Gasteiger partial charge in [-0.05, 0) is 32.0 Å². The van der Waals surface area contributed by atoms with Crippen LogP contribution in [0, 0.1) is 5.82 Å². The molecule has 0 fully saturated rings. The normalized spacial score (nSPS) is 11.7. The Kier molecular flexibility index (Phi) is 4.32. The highest BCUT2D eigenvalue weighted by atomic mass is 19.4. The summed E-state index contributed by atoms with van der Waals surface area (Å²) >= 11 is 0. The number of amides is 1. The molecule has 1 aromatic rings. The van der Waals surface area contributed by atoms with Crippen molar-refractivity contribution in [1.82, 2.24) is 4.90 Å². The van der Waals surface area contributed by atoms with E-state index in [1.54, 1.807) is 0 Å². The summed E-state index contributed by atoms with van der Waals surface area (Å²) in [6, 6.07) is 4.00. The van der Waals surface area contributed by atoms with Crippen molar-refractivity contribution in [3.8, 4) is 0 Å². The monoisotopic (exact) mass is 263 g/mol. The molecule has 2 nitrogen and oxygen atoms in total. The van der Waals surface area contributed by atoms with Crippen LogP contribution in [0.25, 0.3) is 0 Å². The summed E-state index contributed by atoms with van der Waals surface area (Å²) in [5, 5.41) is 0. The average Bonchev–Trinajstić information content (AvgIpc) is 2.23. The molecule has 0 aromatic heterocycles. The van der Waals surface area contributed by atoms with Crippen LogP contribution < -0.4 is 0 Å². The molecular formula is C12H13F4NO. The quantitative estimate of drug-likeness (QED) is 0.767. The maximum atomic E-state index is 12.9. The largest absolute Gasteiger partial charge is 0.406 e. The first kappa shape index (κ1) is 14.5. The Hall–Kier alpha value is -1.59. The average molecular weight is 263 g/mol. The van der Waals surface area contributed by atoms with E-state index in [4.69, 9.17) is 0 Å². The van der Waals surface area contributed by atoms with Crippen LogP contribution in [-0.2, 0) is 0 Å². The second-order valence-corrected chi connectivity index (χ2v) is 4.15. The highest BCUT2D eigenvalue weighted by Crippen LogP contribution is 2.20. The van der Waals surface area contributed by atoms with Crippen LogP contribution in [-0.4, -0.2) is 29.6 Å². The van der Waals surface area contributed by atoms with Gasteiger partial charge in [-0.3, -0.25) is 4.79 Å². The Labute approximate surface area is 102 Å². The number of hydrogen-bond donors (Lipinski definition) is 0. The number of hydrogen-bond acceptors (Lipinski definition) is 1. The second-order valence-electron chi connectivity index (χ2n) is 4.15. The summed E-state index contributed by atoms with van der Waals surface area (Å²) in [5.41, 5.74) is -0.0899. The van der Waals surface area contributed by atoms with Gasteiger partial charge in [0.15, 0.2) is 0 Å². The molecule has 0 unspecified atom stereocenters. The van der Waals surface area contributed by atoms with E-state index in [1.165, 1.54) is 26.0 Å². The van der Waals surface area contributed by atoms with Gasteiger partial charge in [0, 0.05) is 11.6 Å². The molecule has 0 heterocycles. The van der Waals surface area contributed by atoms with Crippen molar-refractivity contribution in [3.05, 3.63) is 35.6 Å². The van der Waals surface area contributed by atoms with Gasteiger partial charge in [0.25, 0.3) is 5.91 Å². The number of benzene rings is 1. The van der Waals surface area contributed by atoms with E-state index >= 15 is 0 Å². The molecule has 0 aliphatic heterocycles. The summed E-state index contributed by atoms with van der Waals surface area (Å²) in [6.07, 6.45) is -4.48. The number of alkyl halides is 3. The van der Waals surface area contributed by atoms with Crippen molar-refractivity contribution < 1.29 is 22.4 Å². The molecule has 1 amide bonds. The third-order valence-corrected chi connectivity index (χ3v) is 2.31. The molecular weight excluding hydrogens is 250 g/mol. The molecule has 0 aliphatic rings. The lowest BCUT2D eigenvalue weighted by molar-refractivity contribution is -0.143. The minimum Gasteiger partial charge on any atom is -0.327 e. The Morgan fingerprint density at radius 1 is 1.33 bits per heavy atom. The Morgan fingerprint density at radius 3 is 2.39 bits per heavy atom. The number of halogens is 4. The fourth-order valence-corrected chi connectivity index (χ4v) is 1.47. The van der Waals surface area contributed by atoms with Crippen molar-refractivity contribution in [2.45, 2.75) is 26.1 Å². The lowest BCUT2D eigenvalue weighted by atomic mass is 10.1. The van der Waals surface area contributed by atoms with Crippen LogP contribution in [0.5, 0.6) is 0 Å². The molecule has 18 heavy (non-hydrogen) atoms. The van der Waals surface area contributed by atoms with Crippen LogP contribution in [0.15, 0.2) is 24.3 Å². The molecule has 0 bridgehead atoms. The van der Waals surface area contributed by atoms with Gasteiger partial charge in [0.05, 0.1) is 0 Å². The van der Waals surface area contributed by atoms with E-state index in [1.807, 2.05) is 0 Å². The molecule has 100 valence electrons. The van der Waals surface area contributed by atoms with E-state index in [2.05, 4.69) is 0 Å². The summed E-state index contributed by atoms with van der Waals surface area (Å²) in [6.45, 7) is 1.60. The molecule has 1 aromatic carbocycles. The van der Waals surface area contributed by atoms with Crippen LogP contribution in [0.3, 0.4) is 0 Å². The van der Waals surface area contributed by atoms with Crippen LogP contribution in [0.1, 0.15) is 24.2 Å². The van der Waals surface area contributed by atoms with E-state index in [9.17, 15) is 22.4 Å². The summed E-state index contributed by atoms with van der Waals surface area (Å²) in [5.74, 6) is -1.49. The summed E-state index contributed by atoms with van der Waals surface area (Å²) in [4.78, 5) is 12.5. The van der Waals surface area contributed by atoms with Gasteiger partial charge < -0.3 is 4.90 Å². The van der Waals surface area contributed by atoms with E-state index < -0.39 is 30.5 Å². The number of carbonyl (C=O) groups is 1. The van der Waals surface area contributed by atoms with Gasteiger partial charge in [0.2, 0.25) is 0 Å². The summed E-state index contributed by atoms with van der Waals surface area (Å²) < 4.78 is 50.0. The van der Waals surface area contributed by atoms with Crippen LogP contribution >= 0.6 is 0 Å². The van der Waals surface area contributed by atoms with Gasteiger partial charge in [-0.25, -0.2) is 4.39 Å².